The quantitative estimate of drug-likeness (QED) is 0.183. The molecule has 0 bridgehead atoms. The van der Waals surface area contributed by atoms with Crippen LogP contribution < -0.4 is 0 Å². The summed E-state index contributed by atoms with van der Waals surface area (Å²) in [7, 11) is 0. The summed E-state index contributed by atoms with van der Waals surface area (Å²) in [6.07, 6.45) is 0. The molecule has 1 heterocycles. The first-order chi connectivity index (χ1) is 27.5. The molecule has 0 atom stereocenters. The van der Waals surface area contributed by atoms with E-state index in [1.807, 2.05) is 36.4 Å². The van der Waals surface area contributed by atoms with Crippen LogP contribution in [0.5, 0.6) is 0 Å². The highest BCUT2D eigenvalue weighted by Gasteiger charge is 2.53. The number of rotatable bonds is 3. The Morgan fingerprint density at radius 1 is 0.357 bits per heavy atom. The van der Waals surface area contributed by atoms with Gasteiger partial charge in [-0.05, 0) is 83.6 Å². The van der Waals surface area contributed by atoms with Crippen molar-refractivity contribution in [3.8, 4) is 67.5 Å². The minimum absolute atomic E-state index is 0.252. The van der Waals surface area contributed by atoms with E-state index in [1.165, 1.54) is 72.1 Å². The van der Waals surface area contributed by atoms with Gasteiger partial charge in [-0.25, -0.2) is 15.0 Å². The van der Waals surface area contributed by atoms with E-state index in [0.29, 0.717) is 17.5 Å². The van der Waals surface area contributed by atoms with Gasteiger partial charge in [-0.2, -0.15) is 0 Å². The van der Waals surface area contributed by atoms with Gasteiger partial charge in [0.25, 0.3) is 0 Å². The van der Waals surface area contributed by atoms with E-state index in [0.717, 1.165) is 22.1 Å². The van der Waals surface area contributed by atoms with Crippen LogP contribution in [0.4, 0.5) is 0 Å². The van der Waals surface area contributed by atoms with Crippen molar-refractivity contribution in [2.24, 2.45) is 0 Å². The Bertz CT molecular complexity index is 3000. The van der Waals surface area contributed by atoms with E-state index in [4.69, 9.17) is 15.0 Å². The van der Waals surface area contributed by atoms with Gasteiger partial charge in [0.15, 0.2) is 17.5 Å². The molecule has 0 unspecified atom stereocenters. The average molecular weight is 714 g/mol. The van der Waals surface area contributed by atoms with Crippen molar-refractivity contribution in [2.45, 2.75) is 24.7 Å². The van der Waals surface area contributed by atoms with Crippen LogP contribution in [-0.2, 0) is 10.8 Å². The van der Waals surface area contributed by atoms with E-state index in [-0.39, 0.29) is 5.41 Å². The maximum absolute atomic E-state index is 5.37. The van der Waals surface area contributed by atoms with Gasteiger partial charge in [0, 0.05) is 22.1 Å². The molecule has 0 saturated carbocycles. The molecule has 3 heteroatoms. The van der Waals surface area contributed by atoms with E-state index < -0.39 is 5.41 Å². The Morgan fingerprint density at radius 3 is 1.38 bits per heavy atom. The molecule has 8 aromatic carbocycles. The Balaban J connectivity index is 1.28. The molecule has 9 aromatic rings. The fourth-order valence-electron chi connectivity index (χ4n) is 10.5. The predicted molar refractivity (Wildman–Crippen MR) is 228 cm³/mol. The van der Waals surface area contributed by atoms with E-state index in [2.05, 4.69) is 153 Å². The molecule has 3 aliphatic rings. The number of nitrogens with zero attached hydrogens (tertiary/aromatic N) is 3. The summed E-state index contributed by atoms with van der Waals surface area (Å²) in [5.41, 5.74) is 17.9. The monoisotopic (exact) mass is 713 g/mol. The highest BCUT2D eigenvalue weighted by molar-refractivity contribution is 6.15. The minimum Gasteiger partial charge on any atom is -0.208 e. The molecule has 1 aromatic heterocycles. The van der Waals surface area contributed by atoms with Crippen LogP contribution in [0.15, 0.2) is 176 Å². The molecule has 0 N–H and O–H groups in total. The van der Waals surface area contributed by atoms with E-state index in [1.54, 1.807) is 0 Å². The van der Waals surface area contributed by atoms with Gasteiger partial charge < -0.3 is 0 Å². The molecule has 3 nitrogen and oxygen atoms in total. The van der Waals surface area contributed by atoms with Gasteiger partial charge in [-0.3, -0.25) is 0 Å². The highest BCUT2D eigenvalue weighted by atomic mass is 15.0. The number of aromatic nitrogens is 3. The zero-order valence-electron chi connectivity index (χ0n) is 31.1. The summed E-state index contributed by atoms with van der Waals surface area (Å²) >= 11 is 0. The fraction of sp³-hybridized carbons (Fsp3) is 0.0755. The van der Waals surface area contributed by atoms with Crippen molar-refractivity contribution in [3.05, 3.63) is 209 Å². The van der Waals surface area contributed by atoms with Crippen LogP contribution in [0.3, 0.4) is 0 Å². The highest BCUT2D eigenvalue weighted by Crippen LogP contribution is 2.66. The summed E-state index contributed by atoms with van der Waals surface area (Å²) in [6.45, 7) is 4.80. The molecule has 0 amide bonds. The molecule has 0 radical (unpaired) electrons. The zero-order valence-corrected chi connectivity index (χ0v) is 31.1. The van der Waals surface area contributed by atoms with Crippen LogP contribution in [0.25, 0.3) is 78.3 Å². The lowest BCUT2D eigenvalue weighted by Gasteiger charge is -2.31. The van der Waals surface area contributed by atoms with Crippen LogP contribution >= 0.6 is 0 Å². The van der Waals surface area contributed by atoms with Crippen LogP contribution in [0.2, 0.25) is 0 Å². The standard InChI is InChI=1S/C53H35N3/c1-52(2)41-25-13-9-23-36(41)38-30-29-37-40(51-55-49(32-17-5-3-6-18-32)54-50(56-51)33-19-7-4-8-20-33)31-45-46(47(37)48(38)52)39-24-12-16-28-44(39)53(45)42-26-14-10-21-34(42)35-22-11-15-27-43(35)53/h3-31H,1-2H3. The van der Waals surface area contributed by atoms with Crippen molar-refractivity contribution in [1.82, 2.24) is 15.0 Å². The summed E-state index contributed by atoms with van der Waals surface area (Å²) < 4.78 is 0. The summed E-state index contributed by atoms with van der Waals surface area (Å²) in [4.78, 5) is 15.9. The number of hydrogen-bond acceptors (Lipinski definition) is 3. The Labute approximate surface area is 326 Å². The second-order valence-corrected chi connectivity index (χ2v) is 15.9. The normalized spacial score (nSPS) is 14.5. The maximum Gasteiger partial charge on any atom is 0.164 e. The van der Waals surface area contributed by atoms with Gasteiger partial charge in [0.05, 0.1) is 5.41 Å². The topological polar surface area (TPSA) is 38.7 Å². The second kappa shape index (κ2) is 11.3. The Kier molecular flexibility index (Phi) is 6.32. The lowest BCUT2D eigenvalue weighted by molar-refractivity contribution is 0.666. The molecule has 3 aliphatic carbocycles. The third-order valence-electron chi connectivity index (χ3n) is 12.7. The Hall–Kier alpha value is -6.97. The molecule has 0 fully saturated rings. The van der Waals surface area contributed by atoms with Crippen molar-refractivity contribution in [2.75, 3.05) is 0 Å². The number of fused-ring (bicyclic) bond motifs is 16. The minimum atomic E-state index is -0.530. The largest absolute Gasteiger partial charge is 0.208 e. The van der Waals surface area contributed by atoms with Crippen molar-refractivity contribution in [1.29, 1.82) is 0 Å². The third kappa shape index (κ3) is 3.99. The second-order valence-electron chi connectivity index (χ2n) is 15.9. The molecule has 0 aliphatic heterocycles. The fourth-order valence-corrected chi connectivity index (χ4v) is 10.5. The molecule has 1 spiro atoms. The summed E-state index contributed by atoms with van der Waals surface area (Å²) in [5, 5.41) is 2.43. The Morgan fingerprint density at radius 2 is 0.804 bits per heavy atom. The van der Waals surface area contributed by atoms with Gasteiger partial charge >= 0.3 is 0 Å². The van der Waals surface area contributed by atoms with E-state index >= 15 is 0 Å². The van der Waals surface area contributed by atoms with Crippen molar-refractivity contribution >= 4 is 10.8 Å². The lowest BCUT2D eigenvalue weighted by atomic mass is 9.69. The van der Waals surface area contributed by atoms with Crippen molar-refractivity contribution < 1.29 is 0 Å². The third-order valence-corrected chi connectivity index (χ3v) is 12.7. The lowest BCUT2D eigenvalue weighted by Crippen LogP contribution is -2.26. The molecular formula is C53H35N3. The summed E-state index contributed by atoms with van der Waals surface area (Å²) in [6, 6.07) is 63.9. The van der Waals surface area contributed by atoms with Gasteiger partial charge in [0.1, 0.15) is 0 Å². The van der Waals surface area contributed by atoms with Gasteiger partial charge in [-0.15, -0.1) is 0 Å². The zero-order chi connectivity index (χ0) is 37.2. The first-order valence-corrected chi connectivity index (χ1v) is 19.5. The smallest absolute Gasteiger partial charge is 0.164 e. The summed E-state index contributed by atoms with van der Waals surface area (Å²) in [5.74, 6) is 1.99. The molecule has 262 valence electrons. The van der Waals surface area contributed by atoms with Crippen LogP contribution in [0.1, 0.15) is 47.2 Å². The van der Waals surface area contributed by atoms with Crippen LogP contribution in [0, 0.1) is 0 Å². The number of hydrogen-bond donors (Lipinski definition) is 0. The molecule has 12 rings (SSSR count). The van der Waals surface area contributed by atoms with Gasteiger partial charge in [0.2, 0.25) is 0 Å². The molecular weight excluding hydrogens is 679 g/mol. The number of benzene rings is 8. The maximum atomic E-state index is 5.37. The van der Waals surface area contributed by atoms with Gasteiger partial charge in [-0.1, -0.05) is 184 Å². The molecule has 0 saturated heterocycles. The average Bonchev–Trinajstić information content (AvgIpc) is 3.82. The SMILES string of the molecule is CC1(C)c2ccccc2-c2ccc3c(-c4nc(-c5ccccc5)nc(-c5ccccc5)n4)cc4c(c3c21)-c1ccccc1C41c2ccccc2-c2ccccc21. The van der Waals surface area contributed by atoms with E-state index in [9.17, 15) is 0 Å². The first-order valence-electron chi connectivity index (χ1n) is 19.5. The first kappa shape index (κ1) is 31.4. The van der Waals surface area contributed by atoms with Crippen LogP contribution in [-0.4, -0.2) is 15.0 Å². The predicted octanol–water partition coefficient (Wildman–Crippen LogP) is 12.7. The van der Waals surface area contributed by atoms with Crippen molar-refractivity contribution in [3.63, 3.8) is 0 Å². The molecule has 56 heavy (non-hydrogen) atoms.